The molecule has 1 aromatic carbocycles. The van der Waals surface area contributed by atoms with E-state index in [1.807, 2.05) is 0 Å². The summed E-state index contributed by atoms with van der Waals surface area (Å²) < 4.78 is 9.68. The molecule has 5 heteroatoms. The molecule has 3 nitrogen and oxygen atoms in total. The van der Waals surface area contributed by atoms with Crippen molar-refractivity contribution in [2.75, 3.05) is 12.5 Å². The third kappa shape index (κ3) is 2.59. The second-order valence-electron chi connectivity index (χ2n) is 6.00. The molecule has 1 aliphatic carbocycles. The van der Waals surface area contributed by atoms with Crippen molar-refractivity contribution in [1.82, 2.24) is 9.55 Å². The molecule has 2 aliphatic rings. The van der Waals surface area contributed by atoms with Gasteiger partial charge in [0, 0.05) is 22.5 Å². The second kappa shape index (κ2) is 5.70. The molecule has 112 valence electrons. The minimum atomic E-state index is 0.371. The number of benzene rings is 1. The molecule has 0 N–H and O–H groups in total. The Kier molecular flexibility index (Phi) is 3.88. The van der Waals surface area contributed by atoms with Gasteiger partial charge in [-0.3, -0.25) is 0 Å². The summed E-state index contributed by atoms with van der Waals surface area (Å²) in [5.41, 5.74) is 2.32. The van der Waals surface area contributed by atoms with E-state index in [1.54, 1.807) is 0 Å². The van der Waals surface area contributed by atoms with E-state index in [4.69, 9.17) is 21.3 Å². The number of hydrogen-bond acceptors (Lipinski definition) is 2. The Morgan fingerprint density at radius 2 is 2.19 bits per heavy atom. The van der Waals surface area contributed by atoms with Crippen LogP contribution in [-0.2, 0) is 11.2 Å². The molecule has 2 fully saturated rings. The molecule has 1 aromatic heterocycles. The summed E-state index contributed by atoms with van der Waals surface area (Å²) in [4.78, 5) is 4.84. The van der Waals surface area contributed by atoms with Crippen LogP contribution in [-0.4, -0.2) is 28.1 Å². The maximum atomic E-state index is 6.04. The van der Waals surface area contributed by atoms with Crippen molar-refractivity contribution in [2.24, 2.45) is 5.92 Å². The first-order valence-corrected chi connectivity index (χ1v) is 9.23. The summed E-state index contributed by atoms with van der Waals surface area (Å²) in [5.74, 6) is 2.48. The van der Waals surface area contributed by atoms with Gasteiger partial charge in [-0.25, -0.2) is 4.98 Å². The van der Waals surface area contributed by atoms with Gasteiger partial charge in [-0.05, 0) is 66.0 Å². The van der Waals surface area contributed by atoms with Crippen molar-refractivity contribution < 1.29 is 4.74 Å². The monoisotopic (exact) mass is 416 g/mol. The van der Waals surface area contributed by atoms with E-state index in [1.165, 1.54) is 21.9 Å². The number of ether oxygens (including phenoxy) is 1. The topological polar surface area (TPSA) is 27.1 Å². The van der Waals surface area contributed by atoms with E-state index in [-0.39, 0.29) is 0 Å². The number of imidazole rings is 1. The van der Waals surface area contributed by atoms with E-state index in [0.29, 0.717) is 18.0 Å². The zero-order valence-electron chi connectivity index (χ0n) is 11.8. The molecule has 1 saturated heterocycles. The Labute approximate surface area is 143 Å². The highest BCUT2D eigenvalue weighted by atomic mass is 127. The number of aromatic nitrogens is 2. The molecule has 1 aliphatic heterocycles. The minimum absolute atomic E-state index is 0.371. The maximum Gasteiger partial charge on any atom is 0.111 e. The van der Waals surface area contributed by atoms with Crippen LogP contribution in [0, 0.1) is 9.49 Å². The largest absolute Gasteiger partial charge is 0.376 e. The zero-order chi connectivity index (χ0) is 14.4. The molecule has 2 unspecified atom stereocenters. The van der Waals surface area contributed by atoms with Crippen LogP contribution in [0.4, 0.5) is 0 Å². The molecule has 0 radical (unpaired) electrons. The average molecular weight is 417 g/mol. The summed E-state index contributed by atoms with van der Waals surface area (Å²) in [6.45, 7) is 0.871. The molecule has 1 saturated carbocycles. The Hall–Kier alpha value is -0.330. The summed E-state index contributed by atoms with van der Waals surface area (Å²) in [7, 11) is 0. The van der Waals surface area contributed by atoms with E-state index < -0.39 is 0 Å². The molecule has 2 aromatic rings. The third-order valence-corrected chi connectivity index (χ3v) is 5.42. The first-order valence-electron chi connectivity index (χ1n) is 7.62. The van der Waals surface area contributed by atoms with Gasteiger partial charge in [0.25, 0.3) is 0 Å². The lowest BCUT2D eigenvalue weighted by Gasteiger charge is -2.22. The quantitative estimate of drug-likeness (QED) is 0.553. The zero-order valence-corrected chi connectivity index (χ0v) is 14.7. The Morgan fingerprint density at radius 3 is 2.95 bits per heavy atom. The normalized spacial score (nSPS) is 25.8. The molecule has 0 spiro atoms. The van der Waals surface area contributed by atoms with Gasteiger partial charge in [-0.15, -0.1) is 11.6 Å². The number of fused-ring (bicyclic) bond motifs is 1. The van der Waals surface area contributed by atoms with Gasteiger partial charge in [0.15, 0.2) is 0 Å². The first-order chi connectivity index (χ1) is 10.3. The smallest absolute Gasteiger partial charge is 0.111 e. The van der Waals surface area contributed by atoms with Crippen LogP contribution < -0.4 is 0 Å². The number of rotatable bonds is 4. The molecule has 0 amide bonds. The lowest BCUT2D eigenvalue weighted by atomic mass is 10.1. The number of alkyl halides is 1. The van der Waals surface area contributed by atoms with E-state index in [2.05, 4.69) is 45.4 Å². The van der Waals surface area contributed by atoms with Crippen molar-refractivity contribution >= 4 is 45.2 Å². The number of hydrogen-bond donors (Lipinski definition) is 0. The van der Waals surface area contributed by atoms with Crippen LogP contribution in [0.2, 0.25) is 0 Å². The number of aryl methyl sites for hydroxylation is 1. The van der Waals surface area contributed by atoms with Gasteiger partial charge < -0.3 is 9.30 Å². The molecular formula is C16H18ClIN2O. The van der Waals surface area contributed by atoms with Gasteiger partial charge in [0.1, 0.15) is 5.82 Å². The molecule has 21 heavy (non-hydrogen) atoms. The van der Waals surface area contributed by atoms with E-state index in [9.17, 15) is 0 Å². The first kappa shape index (κ1) is 14.3. The number of halogens is 2. The van der Waals surface area contributed by atoms with Gasteiger partial charge >= 0.3 is 0 Å². The number of nitrogens with zero attached hydrogens (tertiary/aromatic N) is 2. The van der Waals surface area contributed by atoms with Crippen molar-refractivity contribution in [3.05, 3.63) is 27.6 Å². The summed E-state index contributed by atoms with van der Waals surface area (Å²) in [6, 6.07) is 6.95. The van der Waals surface area contributed by atoms with Gasteiger partial charge in [0.05, 0.1) is 23.2 Å². The standard InChI is InChI=1S/C16H18ClIN2O/c17-7-5-15-19-12-9-11(18)3-4-13(12)20(15)14-6-8-21-16(14)10-1-2-10/h3-4,9-10,14,16H,1-2,5-8H2. The molecule has 4 rings (SSSR count). The highest BCUT2D eigenvalue weighted by Gasteiger charge is 2.42. The molecule has 0 bridgehead atoms. The predicted octanol–water partition coefficient (Wildman–Crippen LogP) is 4.16. The van der Waals surface area contributed by atoms with Crippen LogP contribution in [0.25, 0.3) is 11.0 Å². The van der Waals surface area contributed by atoms with Crippen LogP contribution in [0.1, 0.15) is 31.1 Å². The lowest BCUT2D eigenvalue weighted by Crippen LogP contribution is -2.23. The van der Waals surface area contributed by atoms with Crippen LogP contribution >= 0.6 is 34.2 Å². The summed E-state index contributed by atoms with van der Waals surface area (Å²) in [5, 5.41) is 0. The average Bonchev–Trinajstić information content (AvgIpc) is 3.09. The van der Waals surface area contributed by atoms with Crippen LogP contribution in [0.5, 0.6) is 0 Å². The predicted molar refractivity (Wildman–Crippen MR) is 93.0 cm³/mol. The van der Waals surface area contributed by atoms with E-state index >= 15 is 0 Å². The fourth-order valence-electron chi connectivity index (χ4n) is 3.50. The Balaban J connectivity index is 1.82. The van der Waals surface area contributed by atoms with Crippen molar-refractivity contribution in [2.45, 2.75) is 37.8 Å². The summed E-state index contributed by atoms with van der Waals surface area (Å²) in [6.07, 6.45) is 4.91. The Bertz CT molecular complexity index is 668. The highest BCUT2D eigenvalue weighted by molar-refractivity contribution is 14.1. The maximum absolute atomic E-state index is 6.04. The highest BCUT2D eigenvalue weighted by Crippen LogP contribution is 2.44. The minimum Gasteiger partial charge on any atom is -0.376 e. The van der Waals surface area contributed by atoms with Crippen molar-refractivity contribution in [3.63, 3.8) is 0 Å². The SMILES string of the molecule is ClCCc1nc2cc(I)ccc2n1C1CCOC1C1CC1. The third-order valence-electron chi connectivity index (χ3n) is 4.56. The van der Waals surface area contributed by atoms with E-state index in [0.717, 1.165) is 36.7 Å². The molecular weight excluding hydrogens is 399 g/mol. The fourth-order valence-corrected chi connectivity index (χ4v) is 4.15. The van der Waals surface area contributed by atoms with Crippen LogP contribution in [0.3, 0.4) is 0 Å². The molecule has 2 heterocycles. The Morgan fingerprint density at radius 1 is 1.33 bits per heavy atom. The van der Waals surface area contributed by atoms with Crippen molar-refractivity contribution in [1.29, 1.82) is 0 Å². The fraction of sp³-hybridized carbons (Fsp3) is 0.562. The van der Waals surface area contributed by atoms with Crippen LogP contribution in [0.15, 0.2) is 18.2 Å². The summed E-state index contributed by atoms with van der Waals surface area (Å²) >= 11 is 8.34. The van der Waals surface area contributed by atoms with Gasteiger partial charge in [-0.2, -0.15) is 0 Å². The van der Waals surface area contributed by atoms with Crippen molar-refractivity contribution in [3.8, 4) is 0 Å². The second-order valence-corrected chi connectivity index (χ2v) is 7.62. The molecule has 2 atom stereocenters. The van der Waals surface area contributed by atoms with Gasteiger partial charge in [-0.1, -0.05) is 0 Å². The lowest BCUT2D eigenvalue weighted by molar-refractivity contribution is 0.0753. The van der Waals surface area contributed by atoms with Gasteiger partial charge in [0.2, 0.25) is 0 Å².